The summed E-state index contributed by atoms with van der Waals surface area (Å²) in [6.45, 7) is 5.97. The van der Waals surface area contributed by atoms with Gasteiger partial charge in [0.25, 0.3) is 5.91 Å². The molecule has 2 aromatic rings. The van der Waals surface area contributed by atoms with E-state index in [1.807, 2.05) is 41.3 Å². The summed E-state index contributed by atoms with van der Waals surface area (Å²) >= 11 is 0. The molecule has 0 saturated carbocycles. The summed E-state index contributed by atoms with van der Waals surface area (Å²) in [4.78, 5) is 14.9. The molecule has 1 unspecified atom stereocenters. The van der Waals surface area contributed by atoms with Crippen LogP contribution in [0.5, 0.6) is 5.75 Å². The Kier molecular flexibility index (Phi) is 7.06. The molecule has 0 saturated heterocycles. The molecule has 2 aromatic carbocycles. The number of nitrogens with zero attached hydrogens (tertiary/aromatic N) is 1. The van der Waals surface area contributed by atoms with Gasteiger partial charge in [0.2, 0.25) is 0 Å². The van der Waals surface area contributed by atoms with Crippen LogP contribution in [0.2, 0.25) is 0 Å². The predicted octanol–water partition coefficient (Wildman–Crippen LogP) is 3.41. The lowest BCUT2D eigenvalue weighted by molar-refractivity contribution is -0.138. The molecule has 4 nitrogen and oxygen atoms in total. The van der Waals surface area contributed by atoms with Crippen molar-refractivity contribution in [3.8, 4) is 5.75 Å². The Labute approximate surface area is 161 Å². The summed E-state index contributed by atoms with van der Waals surface area (Å²) in [6, 6.07) is 14.2. The number of halogens is 1. The Hall–Kier alpha value is -2.04. The quantitative estimate of drug-likeness (QED) is 0.843. The van der Waals surface area contributed by atoms with Crippen LogP contribution in [0.1, 0.15) is 28.7 Å². The van der Waals surface area contributed by atoms with Crippen molar-refractivity contribution in [3.63, 3.8) is 0 Å². The third-order valence-corrected chi connectivity index (χ3v) is 4.79. The van der Waals surface area contributed by atoms with E-state index in [9.17, 15) is 4.79 Å². The first-order valence-corrected chi connectivity index (χ1v) is 8.88. The minimum Gasteiger partial charge on any atom is -0.480 e. The van der Waals surface area contributed by atoms with Crippen molar-refractivity contribution in [3.05, 3.63) is 64.7 Å². The van der Waals surface area contributed by atoms with Crippen LogP contribution in [-0.2, 0) is 17.8 Å². The van der Waals surface area contributed by atoms with Crippen molar-refractivity contribution < 1.29 is 9.53 Å². The van der Waals surface area contributed by atoms with Gasteiger partial charge in [0.15, 0.2) is 6.10 Å². The third-order valence-electron chi connectivity index (χ3n) is 4.79. The summed E-state index contributed by atoms with van der Waals surface area (Å²) in [5.74, 6) is 0.892. The lowest BCUT2D eigenvalue weighted by atomic mass is 10.0. The number of ether oxygens (including phenoxy) is 1. The van der Waals surface area contributed by atoms with E-state index in [4.69, 9.17) is 10.5 Å². The highest BCUT2D eigenvalue weighted by Gasteiger charge is 2.32. The van der Waals surface area contributed by atoms with E-state index in [1.54, 1.807) is 0 Å². The van der Waals surface area contributed by atoms with Gasteiger partial charge in [-0.2, -0.15) is 0 Å². The number of nitrogens with two attached hydrogens (primary N) is 1. The number of rotatable bonds is 6. The van der Waals surface area contributed by atoms with E-state index < -0.39 is 6.10 Å². The zero-order chi connectivity index (χ0) is 17.8. The fraction of sp³-hybridized carbons (Fsp3) is 0.381. The third kappa shape index (κ3) is 4.57. The minimum atomic E-state index is -0.433. The first-order chi connectivity index (χ1) is 12.1. The molecule has 3 rings (SSSR count). The van der Waals surface area contributed by atoms with Crippen LogP contribution in [-0.4, -0.2) is 30.0 Å². The molecule has 1 aliphatic rings. The van der Waals surface area contributed by atoms with Gasteiger partial charge >= 0.3 is 0 Å². The Morgan fingerprint density at radius 3 is 2.58 bits per heavy atom. The number of amides is 1. The summed E-state index contributed by atoms with van der Waals surface area (Å²) < 4.78 is 5.98. The van der Waals surface area contributed by atoms with Gasteiger partial charge in [-0.1, -0.05) is 36.4 Å². The Balaban J connectivity index is 0.00000243. The molecule has 0 aliphatic carbocycles. The molecular weight excluding hydrogens is 348 g/mol. The van der Waals surface area contributed by atoms with Gasteiger partial charge in [0.05, 0.1) is 0 Å². The second-order valence-corrected chi connectivity index (χ2v) is 6.74. The van der Waals surface area contributed by atoms with Crippen LogP contribution in [0, 0.1) is 13.8 Å². The molecule has 0 radical (unpaired) electrons. The van der Waals surface area contributed by atoms with Crippen LogP contribution < -0.4 is 10.5 Å². The van der Waals surface area contributed by atoms with Gasteiger partial charge in [0, 0.05) is 19.5 Å². The lowest BCUT2D eigenvalue weighted by Crippen LogP contribution is -2.41. The minimum absolute atomic E-state index is 0. The van der Waals surface area contributed by atoms with Gasteiger partial charge < -0.3 is 15.4 Å². The summed E-state index contributed by atoms with van der Waals surface area (Å²) in [5, 5.41) is 0. The molecule has 1 aliphatic heterocycles. The average Bonchev–Trinajstić information content (AvgIpc) is 3.02. The number of carbonyl (C=O) groups is 1. The molecule has 1 amide bonds. The lowest BCUT2D eigenvalue weighted by Gasteiger charge is -2.25. The highest BCUT2D eigenvalue weighted by Crippen LogP contribution is 2.32. The molecule has 0 aromatic heterocycles. The number of benzene rings is 2. The smallest absolute Gasteiger partial charge is 0.264 e. The first kappa shape index (κ1) is 20.3. The second kappa shape index (κ2) is 9.06. The summed E-state index contributed by atoms with van der Waals surface area (Å²) in [7, 11) is 0. The number of hydrogen-bond acceptors (Lipinski definition) is 3. The Morgan fingerprint density at radius 1 is 1.19 bits per heavy atom. The van der Waals surface area contributed by atoms with E-state index in [0.717, 1.165) is 23.3 Å². The van der Waals surface area contributed by atoms with Crippen molar-refractivity contribution in [1.29, 1.82) is 0 Å². The van der Waals surface area contributed by atoms with Crippen LogP contribution in [0.4, 0.5) is 0 Å². The molecule has 0 bridgehead atoms. The van der Waals surface area contributed by atoms with E-state index in [-0.39, 0.29) is 18.3 Å². The van der Waals surface area contributed by atoms with Gasteiger partial charge in [-0.05, 0) is 55.1 Å². The normalized spacial score (nSPS) is 15.0. The fourth-order valence-electron chi connectivity index (χ4n) is 3.21. The molecule has 1 heterocycles. The van der Waals surface area contributed by atoms with Crippen molar-refractivity contribution in [2.75, 3.05) is 13.1 Å². The van der Waals surface area contributed by atoms with Crippen molar-refractivity contribution in [2.24, 2.45) is 5.73 Å². The predicted molar refractivity (Wildman–Crippen MR) is 107 cm³/mol. The molecule has 1 atom stereocenters. The van der Waals surface area contributed by atoms with Crippen LogP contribution in [0.25, 0.3) is 0 Å². The van der Waals surface area contributed by atoms with Gasteiger partial charge in [-0.25, -0.2) is 0 Å². The summed E-state index contributed by atoms with van der Waals surface area (Å²) in [5.41, 5.74) is 10.3. The monoisotopic (exact) mass is 374 g/mol. The van der Waals surface area contributed by atoms with Crippen molar-refractivity contribution >= 4 is 18.3 Å². The maximum atomic E-state index is 13.1. The molecule has 0 spiro atoms. The molecule has 5 heteroatoms. The zero-order valence-corrected chi connectivity index (χ0v) is 16.2. The second-order valence-electron chi connectivity index (χ2n) is 6.74. The van der Waals surface area contributed by atoms with Crippen LogP contribution in [0.3, 0.4) is 0 Å². The van der Waals surface area contributed by atoms with E-state index in [2.05, 4.69) is 19.9 Å². The largest absolute Gasteiger partial charge is 0.480 e. The van der Waals surface area contributed by atoms with Crippen molar-refractivity contribution in [2.45, 2.75) is 39.3 Å². The maximum absolute atomic E-state index is 13.1. The number of carbonyl (C=O) groups excluding carboxylic acids is 1. The number of hydrogen-bond donors (Lipinski definition) is 1. The Morgan fingerprint density at radius 2 is 1.88 bits per heavy atom. The van der Waals surface area contributed by atoms with Gasteiger partial charge in [0.1, 0.15) is 5.75 Å². The molecular formula is C21H27ClN2O2. The van der Waals surface area contributed by atoms with Gasteiger partial charge in [-0.15, -0.1) is 12.4 Å². The van der Waals surface area contributed by atoms with E-state index in [0.29, 0.717) is 26.1 Å². The van der Waals surface area contributed by atoms with E-state index >= 15 is 0 Å². The van der Waals surface area contributed by atoms with Crippen molar-refractivity contribution in [1.82, 2.24) is 4.90 Å². The Bertz CT molecular complexity index is 718. The van der Waals surface area contributed by atoms with Crippen LogP contribution in [0.15, 0.2) is 42.5 Å². The zero-order valence-electron chi connectivity index (χ0n) is 15.4. The molecule has 26 heavy (non-hydrogen) atoms. The van der Waals surface area contributed by atoms with Crippen LogP contribution >= 0.6 is 12.4 Å². The molecule has 0 fully saturated rings. The average molecular weight is 375 g/mol. The fourth-order valence-corrected chi connectivity index (χ4v) is 3.21. The highest BCUT2D eigenvalue weighted by atomic mass is 35.5. The standard InChI is InChI=1S/C21H26N2O2.ClH/c1-15-11-18-13-20(25-19(18)12-16(15)2)21(24)23(10-6-9-22)14-17-7-4-3-5-8-17;/h3-5,7-8,11-12,20H,6,9-10,13-14,22H2,1-2H3;1H. The molecule has 140 valence electrons. The molecule has 2 N–H and O–H groups in total. The maximum Gasteiger partial charge on any atom is 0.264 e. The SMILES string of the molecule is Cc1cc2c(cc1C)OC(C(=O)N(CCCN)Cc1ccccc1)C2.Cl. The highest BCUT2D eigenvalue weighted by molar-refractivity contribution is 5.85. The first-order valence-electron chi connectivity index (χ1n) is 8.88. The topological polar surface area (TPSA) is 55.6 Å². The van der Waals surface area contributed by atoms with E-state index in [1.165, 1.54) is 11.1 Å². The van der Waals surface area contributed by atoms with Gasteiger partial charge in [-0.3, -0.25) is 4.79 Å². The number of aryl methyl sites for hydroxylation is 2. The number of fused-ring (bicyclic) bond motifs is 1. The summed E-state index contributed by atoms with van der Waals surface area (Å²) in [6.07, 6.45) is 0.998.